The van der Waals surface area contributed by atoms with Crippen LogP contribution in [0.25, 0.3) is 0 Å². The Labute approximate surface area is 112 Å². The van der Waals surface area contributed by atoms with E-state index in [2.05, 4.69) is 0 Å². The number of guanidine groups is 1. The summed E-state index contributed by atoms with van der Waals surface area (Å²) in [6, 6.07) is 8.80. The van der Waals surface area contributed by atoms with Crippen molar-refractivity contribution in [3.63, 3.8) is 0 Å². The number of hydrazine groups is 1. The van der Waals surface area contributed by atoms with Crippen molar-refractivity contribution in [1.82, 2.24) is 10.0 Å². The molecule has 0 radical (unpaired) electrons. The number of carbonyl (C=O) groups excluding carboxylic acids is 1. The summed E-state index contributed by atoms with van der Waals surface area (Å²) >= 11 is 0. The van der Waals surface area contributed by atoms with Gasteiger partial charge in [0.25, 0.3) is 5.91 Å². The SMILES string of the molecule is N=C(N)N(C(=O)c1ccccc1)N1CCCCC1N. The van der Waals surface area contributed by atoms with Crippen molar-refractivity contribution in [1.29, 1.82) is 5.41 Å². The Morgan fingerprint density at radius 3 is 2.58 bits per heavy atom. The highest BCUT2D eigenvalue weighted by Gasteiger charge is 2.30. The number of nitrogens with zero attached hydrogens (tertiary/aromatic N) is 2. The third-order valence-corrected chi connectivity index (χ3v) is 3.22. The minimum atomic E-state index is -0.314. The van der Waals surface area contributed by atoms with Gasteiger partial charge in [-0.2, -0.15) is 5.01 Å². The highest BCUT2D eigenvalue weighted by atomic mass is 16.2. The molecule has 0 aliphatic carbocycles. The lowest BCUT2D eigenvalue weighted by Crippen LogP contribution is -2.60. The fourth-order valence-corrected chi connectivity index (χ4v) is 2.26. The van der Waals surface area contributed by atoms with Gasteiger partial charge in [-0.05, 0) is 31.4 Å². The maximum atomic E-state index is 12.4. The van der Waals surface area contributed by atoms with Crippen LogP contribution in [0.5, 0.6) is 0 Å². The third-order valence-electron chi connectivity index (χ3n) is 3.22. The van der Waals surface area contributed by atoms with E-state index in [9.17, 15) is 4.79 Å². The molecular weight excluding hydrogens is 242 g/mol. The Balaban J connectivity index is 2.25. The van der Waals surface area contributed by atoms with E-state index in [1.54, 1.807) is 29.3 Å². The van der Waals surface area contributed by atoms with Crippen molar-refractivity contribution in [2.45, 2.75) is 25.4 Å². The number of carbonyl (C=O) groups is 1. The molecule has 0 aromatic heterocycles. The summed E-state index contributed by atoms with van der Waals surface area (Å²) in [5, 5.41) is 10.5. The van der Waals surface area contributed by atoms with Crippen molar-refractivity contribution >= 4 is 11.9 Å². The molecule has 6 heteroatoms. The molecule has 19 heavy (non-hydrogen) atoms. The lowest BCUT2D eigenvalue weighted by molar-refractivity contribution is -0.0114. The van der Waals surface area contributed by atoms with Gasteiger partial charge in [-0.1, -0.05) is 18.2 Å². The van der Waals surface area contributed by atoms with Crippen molar-refractivity contribution in [2.75, 3.05) is 6.54 Å². The van der Waals surface area contributed by atoms with Crippen LogP contribution < -0.4 is 11.5 Å². The largest absolute Gasteiger partial charge is 0.369 e. The molecule has 102 valence electrons. The zero-order valence-corrected chi connectivity index (χ0v) is 10.7. The number of benzene rings is 1. The van der Waals surface area contributed by atoms with E-state index >= 15 is 0 Å². The van der Waals surface area contributed by atoms with Crippen LogP contribution in [0.4, 0.5) is 0 Å². The van der Waals surface area contributed by atoms with E-state index in [-0.39, 0.29) is 18.0 Å². The van der Waals surface area contributed by atoms with Crippen molar-refractivity contribution in [2.24, 2.45) is 11.5 Å². The monoisotopic (exact) mass is 261 g/mol. The average molecular weight is 261 g/mol. The molecule has 1 saturated heterocycles. The van der Waals surface area contributed by atoms with Crippen molar-refractivity contribution in [3.05, 3.63) is 35.9 Å². The Morgan fingerprint density at radius 2 is 2.00 bits per heavy atom. The van der Waals surface area contributed by atoms with Crippen LogP contribution in [-0.4, -0.2) is 34.6 Å². The third kappa shape index (κ3) is 2.91. The summed E-state index contributed by atoms with van der Waals surface area (Å²) in [5.41, 5.74) is 12.1. The number of nitrogens with two attached hydrogens (primary N) is 2. The van der Waals surface area contributed by atoms with Gasteiger partial charge < -0.3 is 11.5 Å². The molecule has 1 aromatic carbocycles. The smallest absolute Gasteiger partial charge is 0.275 e. The number of hydrogen-bond acceptors (Lipinski definition) is 4. The van der Waals surface area contributed by atoms with Gasteiger partial charge in [0.2, 0.25) is 5.96 Å². The Morgan fingerprint density at radius 1 is 1.32 bits per heavy atom. The fourth-order valence-electron chi connectivity index (χ4n) is 2.26. The van der Waals surface area contributed by atoms with E-state index < -0.39 is 0 Å². The average Bonchev–Trinajstić information content (AvgIpc) is 2.42. The molecule has 1 aromatic rings. The molecule has 1 aliphatic heterocycles. The number of hydrogen-bond donors (Lipinski definition) is 3. The summed E-state index contributed by atoms with van der Waals surface area (Å²) in [5.74, 6) is -0.614. The van der Waals surface area contributed by atoms with Crippen molar-refractivity contribution in [3.8, 4) is 0 Å². The van der Waals surface area contributed by atoms with Gasteiger partial charge in [-0.15, -0.1) is 0 Å². The maximum absolute atomic E-state index is 12.4. The normalized spacial score (nSPS) is 19.9. The molecule has 0 saturated carbocycles. The predicted octanol–water partition coefficient (Wildman–Crippen LogP) is 0.708. The van der Waals surface area contributed by atoms with Crippen LogP contribution >= 0.6 is 0 Å². The van der Waals surface area contributed by atoms with E-state index in [1.807, 2.05) is 6.07 Å². The predicted molar refractivity (Wildman–Crippen MR) is 73.1 cm³/mol. The molecule has 2 rings (SSSR count). The molecule has 5 N–H and O–H groups in total. The number of piperidine rings is 1. The van der Waals surface area contributed by atoms with Gasteiger partial charge in [0.15, 0.2) is 0 Å². The summed E-state index contributed by atoms with van der Waals surface area (Å²) < 4.78 is 0. The Hall–Kier alpha value is -1.92. The van der Waals surface area contributed by atoms with E-state index in [4.69, 9.17) is 16.9 Å². The second kappa shape index (κ2) is 5.81. The van der Waals surface area contributed by atoms with E-state index in [0.717, 1.165) is 19.3 Å². The molecular formula is C13H19N5O. The lowest BCUT2D eigenvalue weighted by Gasteiger charge is -2.40. The number of amides is 1. The molecule has 0 bridgehead atoms. The Bertz CT molecular complexity index is 461. The van der Waals surface area contributed by atoms with E-state index in [1.165, 1.54) is 5.01 Å². The van der Waals surface area contributed by atoms with Crippen LogP contribution in [0, 0.1) is 5.41 Å². The summed E-state index contributed by atoms with van der Waals surface area (Å²) in [6.45, 7) is 0.638. The van der Waals surface area contributed by atoms with Crippen LogP contribution in [0.15, 0.2) is 30.3 Å². The lowest BCUT2D eigenvalue weighted by atomic mass is 10.1. The maximum Gasteiger partial charge on any atom is 0.275 e. The Kier molecular flexibility index (Phi) is 4.13. The van der Waals surface area contributed by atoms with Crippen molar-refractivity contribution < 1.29 is 4.79 Å². The van der Waals surface area contributed by atoms with Gasteiger partial charge >= 0.3 is 0 Å². The highest BCUT2D eigenvalue weighted by Crippen LogP contribution is 2.17. The first-order valence-electron chi connectivity index (χ1n) is 6.37. The fraction of sp³-hybridized carbons (Fsp3) is 0.385. The first kappa shape index (κ1) is 13.5. The van der Waals surface area contributed by atoms with Gasteiger partial charge in [-0.25, -0.2) is 5.01 Å². The van der Waals surface area contributed by atoms with Gasteiger partial charge in [0.05, 0.1) is 6.17 Å². The number of rotatable bonds is 2. The highest BCUT2D eigenvalue weighted by molar-refractivity contribution is 6.03. The van der Waals surface area contributed by atoms with E-state index in [0.29, 0.717) is 12.1 Å². The molecule has 1 aliphatic rings. The first-order chi connectivity index (χ1) is 9.11. The summed E-state index contributed by atoms with van der Waals surface area (Å²) in [6.07, 6.45) is 2.50. The summed E-state index contributed by atoms with van der Waals surface area (Å²) in [7, 11) is 0. The topological polar surface area (TPSA) is 99.4 Å². The van der Waals surface area contributed by atoms with Crippen LogP contribution in [0.2, 0.25) is 0 Å². The zero-order valence-electron chi connectivity index (χ0n) is 10.7. The minimum Gasteiger partial charge on any atom is -0.369 e. The molecule has 1 fully saturated rings. The zero-order chi connectivity index (χ0) is 13.8. The standard InChI is InChI=1S/C13H19N5O/c14-11-8-4-5-9-17(11)18(13(15)16)12(19)10-6-2-1-3-7-10/h1-3,6-7,11H,4-5,8-9,14H2,(H3,15,16). The molecule has 1 unspecified atom stereocenters. The quantitative estimate of drug-likeness (QED) is 0.539. The summed E-state index contributed by atoms with van der Waals surface area (Å²) in [4.78, 5) is 12.4. The number of nitrogens with one attached hydrogen (secondary N) is 1. The second-order valence-electron chi connectivity index (χ2n) is 4.59. The van der Waals surface area contributed by atoms with Gasteiger partial charge in [-0.3, -0.25) is 10.2 Å². The van der Waals surface area contributed by atoms with Gasteiger partial charge in [0.1, 0.15) is 0 Å². The molecule has 1 amide bonds. The molecule has 6 nitrogen and oxygen atoms in total. The first-order valence-corrected chi connectivity index (χ1v) is 6.37. The van der Waals surface area contributed by atoms with Crippen LogP contribution in [0.3, 0.4) is 0 Å². The molecule has 0 spiro atoms. The van der Waals surface area contributed by atoms with Crippen LogP contribution in [-0.2, 0) is 0 Å². The van der Waals surface area contributed by atoms with Gasteiger partial charge in [0, 0.05) is 12.1 Å². The minimum absolute atomic E-state index is 0.273. The van der Waals surface area contributed by atoms with Crippen LogP contribution in [0.1, 0.15) is 29.6 Å². The molecule has 1 atom stereocenters. The molecule has 1 heterocycles. The second-order valence-corrected chi connectivity index (χ2v) is 4.59.